The van der Waals surface area contributed by atoms with Gasteiger partial charge in [-0.15, -0.1) is 0 Å². The molecule has 170 valence electrons. The zero-order valence-electron chi connectivity index (χ0n) is 19.0. The Labute approximate surface area is 185 Å². The Hall–Kier alpha value is -2.19. The summed E-state index contributed by atoms with van der Waals surface area (Å²) < 4.78 is 29.0. The van der Waals surface area contributed by atoms with Gasteiger partial charge in [0.2, 0.25) is 15.9 Å². The molecule has 3 rings (SSSR count). The first-order valence-electron chi connectivity index (χ1n) is 11.0. The van der Waals surface area contributed by atoms with Crippen molar-refractivity contribution in [1.29, 1.82) is 0 Å². The second-order valence-corrected chi connectivity index (χ2v) is 10.8. The Morgan fingerprint density at radius 2 is 1.81 bits per heavy atom. The molecule has 7 nitrogen and oxygen atoms in total. The van der Waals surface area contributed by atoms with Gasteiger partial charge < -0.3 is 5.32 Å². The Kier molecular flexibility index (Phi) is 7.54. The van der Waals surface area contributed by atoms with E-state index in [2.05, 4.69) is 24.3 Å². The smallest absolute Gasteiger partial charge is 0.243 e. The lowest BCUT2D eigenvalue weighted by Gasteiger charge is -2.31. The van der Waals surface area contributed by atoms with Gasteiger partial charge in [-0.2, -0.15) is 9.40 Å². The fourth-order valence-corrected chi connectivity index (χ4v) is 5.58. The van der Waals surface area contributed by atoms with Gasteiger partial charge in [-0.1, -0.05) is 32.0 Å². The molecule has 0 radical (unpaired) electrons. The number of hydrogen-bond donors (Lipinski definition) is 1. The highest BCUT2D eigenvalue weighted by Crippen LogP contribution is 2.23. The van der Waals surface area contributed by atoms with Crippen LogP contribution in [-0.4, -0.2) is 48.0 Å². The van der Waals surface area contributed by atoms with Crippen molar-refractivity contribution in [1.82, 2.24) is 19.4 Å². The lowest BCUT2D eigenvalue weighted by molar-refractivity contribution is -0.120. The van der Waals surface area contributed by atoms with Crippen LogP contribution in [0.15, 0.2) is 35.2 Å². The molecule has 2 aromatic rings. The largest absolute Gasteiger partial charge is 0.356 e. The van der Waals surface area contributed by atoms with Crippen molar-refractivity contribution in [3.8, 4) is 0 Å². The van der Waals surface area contributed by atoms with Gasteiger partial charge in [0.05, 0.1) is 17.0 Å². The molecule has 0 unspecified atom stereocenters. The minimum Gasteiger partial charge on any atom is -0.356 e. The maximum absolute atomic E-state index is 12.7. The molecule has 1 amide bonds. The number of aromatic nitrogens is 2. The third-order valence-electron chi connectivity index (χ3n) is 5.95. The fourth-order valence-electron chi connectivity index (χ4n) is 4.09. The van der Waals surface area contributed by atoms with Crippen molar-refractivity contribution in [3.63, 3.8) is 0 Å². The Morgan fingerprint density at radius 1 is 1.16 bits per heavy atom. The summed E-state index contributed by atoms with van der Waals surface area (Å²) >= 11 is 0. The quantitative estimate of drug-likeness (QED) is 0.676. The van der Waals surface area contributed by atoms with Gasteiger partial charge in [-0.3, -0.25) is 9.48 Å². The number of rotatable bonds is 8. The van der Waals surface area contributed by atoms with E-state index in [0.717, 1.165) is 36.3 Å². The number of benzene rings is 1. The van der Waals surface area contributed by atoms with Crippen LogP contribution >= 0.6 is 0 Å². The maximum atomic E-state index is 12.7. The second kappa shape index (κ2) is 9.96. The summed E-state index contributed by atoms with van der Waals surface area (Å²) in [6.07, 6.45) is 1.82. The summed E-state index contributed by atoms with van der Waals surface area (Å²) in [5, 5.41) is 7.63. The lowest BCUT2D eigenvalue weighted by Crippen LogP contribution is -2.41. The monoisotopic (exact) mass is 446 g/mol. The van der Waals surface area contributed by atoms with E-state index in [4.69, 9.17) is 0 Å². The van der Waals surface area contributed by atoms with Crippen molar-refractivity contribution < 1.29 is 13.2 Å². The molecule has 0 aliphatic carbocycles. The molecular formula is C23H34N4O3S. The predicted molar refractivity (Wildman–Crippen MR) is 121 cm³/mol. The third-order valence-corrected chi connectivity index (χ3v) is 7.86. The molecule has 0 saturated carbocycles. The molecule has 1 fully saturated rings. The van der Waals surface area contributed by atoms with Crippen LogP contribution in [0.5, 0.6) is 0 Å². The van der Waals surface area contributed by atoms with Crippen molar-refractivity contribution in [3.05, 3.63) is 47.3 Å². The van der Waals surface area contributed by atoms with E-state index in [9.17, 15) is 13.2 Å². The van der Waals surface area contributed by atoms with Crippen LogP contribution in [0.25, 0.3) is 0 Å². The molecule has 31 heavy (non-hydrogen) atoms. The van der Waals surface area contributed by atoms with Crippen LogP contribution in [0.2, 0.25) is 0 Å². The van der Waals surface area contributed by atoms with Gasteiger partial charge in [0, 0.05) is 37.4 Å². The first kappa shape index (κ1) is 23.5. The number of aryl methyl sites for hydroxylation is 1. The Balaban J connectivity index is 1.49. The number of piperidine rings is 1. The van der Waals surface area contributed by atoms with Crippen molar-refractivity contribution in [2.45, 2.75) is 58.4 Å². The predicted octanol–water partition coefficient (Wildman–Crippen LogP) is 2.92. The van der Waals surface area contributed by atoms with E-state index in [0.29, 0.717) is 36.9 Å². The average molecular weight is 447 g/mol. The van der Waals surface area contributed by atoms with Crippen LogP contribution in [0, 0.1) is 25.7 Å². The summed E-state index contributed by atoms with van der Waals surface area (Å²) in [6, 6.07) is 8.56. The summed E-state index contributed by atoms with van der Waals surface area (Å²) in [7, 11) is -3.44. The van der Waals surface area contributed by atoms with Crippen LogP contribution in [-0.2, 0) is 27.8 Å². The maximum Gasteiger partial charge on any atom is 0.243 e. The second-order valence-electron chi connectivity index (χ2n) is 8.87. The zero-order valence-corrected chi connectivity index (χ0v) is 19.8. The van der Waals surface area contributed by atoms with Crippen LogP contribution in [0.4, 0.5) is 0 Å². The van der Waals surface area contributed by atoms with Gasteiger partial charge in [0.1, 0.15) is 0 Å². The van der Waals surface area contributed by atoms with Crippen molar-refractivity contribution in [2.75, 3.05) is 19.6 Å². The summed E-state index contributed by atoms with van der Waals surface area (Å²) in [6.45, 7) is 10.7. The SMILES string of the molecule is Cc1nn(CC(C)C)c(C)c1CC(=O)NCC1CCN(S(=O)(=O)c2ccccc2)CC1. The summed E-state index contributed by atoms with van der Waals surface area (Å²) in [4.78, 5) is 12.9. The Bertz CT molecular complexity index is 991. The number of carbonyl (C=O) groups is 1. The average Bonchev–Trinajstić information content (AvgIpc) is 3.00. The van der Waals surface area contributed by atoms with Crippen LogP contribution < -0.4 is 5.32 Å². The minimum absolute atomic E-state index is 0.00497. The van der Waals surface area contributed by atoms with E-state index in [1.165, 1.54) is 0 Å². The van der Waals surface area contributed by atoms with Gasteiger partial charge in [0.25, 0.3) is 0 Å². The zero-order chi connectivity index (χ0) is 22.6. The molecule has 8 heteroatoms. The number of sulfonamides is 1. The highest BCUT2D eigenvalue weighted by molar-refractivity contribution is 7.89. The first-order chi connectivity index (χ1) is 14.7. The number of carbonyl (C=O) groups excluding carboxylic acids is 1. The minimum atomic E-state index is -3.44. The molecule has 0 atom stereocenters. The van der Waals surface area contributed by atoms with Crippen molar-refractivity contribution >= 4 is 15.9 Å². The third kappa shape index (κ3) is 5.74. The Morgan fingerprint density at radius 3 is 2.42 bits per heavy atom. The van der Waals surface area contributed by atoms with Gasteiger partial charge in [-0.25, -0.2) is 8.42 Å². The van der Waals surface area contributed by atoms with Gasteiger partial charge in [-0.05, 0) is 50.7 Å². The molecule has 1 aromatic carbocycles. The number of nitrogens with one attached hydrogen (secondary N) is 1. The number of nitrogens with zero attached hydrogens (tertiary/aromatic N) is 3. The van der Waals surface area contributed by atoms with E-state index < -0.39 is 10.0 Å². The van der Waals surface area contributed by atoms with Gasteiger partial charge in [0.15, 0.2) is 0 Å². The highest BCUT2D eigenvalue weighted by Gasteiger charge is 2.29. The van der Waals surface area contributed by atoms with Crippen molar-refractivity contribution in [2.24, 2.45) is 11.8 Å². The fraction of sp³-hybridized carbons (Fsp3) is 0.565. The normalized spacial score (nSPS) is 16.0. The number of amides is 1. The van der Waals surface area contributed by atoms with Gasteiger partial charge >= 0.3 is 0 Å². The van der Waals surface area contributed by atoms with Crippen LogP contribution in [0.1, 0.15) is 43.6 Å². The molecule has 0 spiro atoms. The number of hydrogen-bond acceptors (Lipinski definition) is 4. The van der Waals surface area contributed by atoms with E-state index >= 15 is 0 Å². The topological polar surface area (TPSA) is 84.3 Å². The summed E-state index contributed by atoms with van der Waals surface area (Å²) in [5.74, 6) is 0.780. The van der Waals surface area contributed by atoms with E-state index in [1.807, 2.05) is 24.6 Å². The molecular weight excluding hydrogens is 412 g/mol. The first-order valence-corrected chi connectivity index (χ1v) is 12.5. The molecule has 1 saturated heterocycles. The van der Waals surface area contributed by atoms with E-state index in [1.54, 1.807) is 28.6 Å². The molecule has 1 aliphatic rings. The standard InChI is InChI=1S/C23H34N4O3S/c1-17(2)16-27-19(4)22(18(3)25-27)14-23(28)24-15-20-10-12-26(13-11-20)31(29,30)21-8-6-5-7-9-21/h5-9,17,20H,10-16H2,1-4H3,(H,24,28). The molecule has 1 aromatic heterocycles. The molecule has 0 bridgehead atoms. The van der Waals surface area contributed by atoms with Crippen LogP contribution in [0.3, 0.4) is 0 Å². The highest BCUT2D eigenvalue weighted by atomic mass is 32.2. The molecule has 1 aliphatic heterocycles. The molecule has 1 N–H and O–H groups in total. The van der Waals surface area contributed by atoms with E-state index in [-0.39, 0.29) is 11.8 Å². The lowest BCUT2D eigenvalue weighted by atomic mass is 9.98. The summed E-state index contributed by atoms with van der Waals surface area (Å²) in [5.41, 5.74) is 2.97. The molecule has 2 heterocycles.